The van der Waals surface area contributed by atoms with Gasteiger partial charge in [0.1, 0.15) is 0 Å². The maximum absolute atomic E-state index is 12.7. The summed E-state index contributed by atoms with van der Waals surface area (Å²) < 4.78 is 10.8. The summed E-state index contributed by atoms with van der Waals surface area (Å²) in [5, 5.41) is 4.17. The SMILES string of the molecule is Cc1nc2ccccc2c(C)c1CC(=O)NC(C)c1ccc2c(c1)OCO2. The molecule has 138 valence electrons. The van der Waals surface area contributed by atoms with Gasteiger partial charge < -0.3 is 14.8 Å². The first-order chi connectivity index (χ1) is 13.0. The quantitative estimate of drug-likeness (QED) is 0.762. The van der Waals surface area contributed by atoms with Crippen molar-refractivity contribution in [1.29, 1.82) is 0 Å². The molecule has 1 aliphatic heterocycles. The second-order valence-electron chi connectivity index (χ2n) is 6.90. The van der Waals surface area contributed by atoms with Crippen LogP contribution in [0.15, 0.2) is 42.5 Å². The van der Waals surface area contributed by atoms with Gasteiger partial charge in [0.25, 0.3) is 0 Å². The van der Waals surface area contributed by atoms with Crippen LogP contribution in [0.4, 0.5) is 0 Å². The Morgan fingerprint density at radius 1 is 1.15 bits per heavy atom. The number of fused-ring (bicyclic) bond motifs is 2. The largest absolute Gasteiger partial charge is 0.454 e. The molecule has 0 saturated heterocycles. The summed E-state index contributed by atoms with van der Waals surface area (Å²) in [5.41, 5.74) is 4.95. The highest BCUT2D eigenvalue weighted by Gasteiger charge is 2.18. The van der Waals surface area contributed by atoms with Crippen LogP contribution in [-0.2, 0) is 11.2 Å². The molecule has 0 bridgehead atoms. The van der Waals surface area contributed by atoms with Crippen molar-refractivity contribution in [3.05, 3.63) is 64.8 Å². The van der Waals surface area contributed by atoms with E-state index in [1.54, 1.807) is 0 Å². The van der Waals surface area contributed by atoms with Gasteiger partial charge in [-0.05, 0) is 55.7 Å². The fraction of sp³-hybridized carbons (Fsp3) is 0.273. The van der Waals surface area contributed by atoms with Crippen molar-refractivity contribution < 1.29 is 14.3 Å². The van der Waals surface area contributed by atoms with Gasteiger partial charge in [-0.1, -0.05) is 24.3 Å². The number of rotatable bonds is 4. The van der Waals surface area contributed by atoms with Crippen LogP contribution in [-0.4, -0.2) is 17.7 Å². The monoisotopic (exact) mass is 362 g/mol. The van der Waals surface area contributed by atoms with Crippen LogP contribution in [0.5, 0.6) is 11.5 Å². The van der Waals surface area contributed by atoms with E-state index in [0.717, 1.165) is 44.8 Å². The molecule has 5 nitrogen and oxygen atoms in total. The molecule has 1 N–H and O–H groups in total. The molecule has 1 unspecified atom stereocenters. The van der Waals surface area contributed by atoms with Crippen LogP contribution in [0.2, 0.25) is 0 Å². The molecule has 27 heavy (non-hydrogen) atoms. The zero-order valence-electron chi connectivity index (χ0n) is 15.7. The Bertz CT molecular complexity index is 1030. The summed E-state index contributed by atoms with van der Waals surface area (Å²) in [6, 6.07) is 13.6. The van der Waals surface area contributed by atoms with Crippen molar-refractivity contribution in [1.82, 2.24) is 10.3 Å². The van der Waals surface area contributed by atoms with Crippen LogP contribution in [0, 0.1) is 13.8 Å². The Kier molecular flexibility index (Phi) is 4.44. The highest BCUT2D eigenvalue weighted by molar-refractivity contribution is 5.86. The minimum absolute atomic E-state index is 0.0246. The van der Waals surface area contributed by atoms with E-state index in [1.165, 1.54) is 0 Å². The second-order valence-corrected chi connectivity index (χ2v) is 6.90. The first-order valence-corrected chi connectivity index (χ1v) is 9.06. The van der Waals surface area contributed by atoms with Crippen LogP contribution in [0.3, 0.4) is 0 Å². The molecular formula is C22H22N2O3. The Balaban J connectivity index is 1.52. The van der Waals surface area contributed by atoms with Crippen LogP contribution >= 0.6 is 0 Å². The zero-order valence-corrected chi connectivity index (χ0v) is 15.7. The van der Waals surface area contributed by atoms with E-state index in [2.05, 4.69) is 17.2 Å². The number of aryl methyl sites for hydroxylation is 2. The number of carbonyl (C=O) groups is 1. The summed E-state index contributed by atoms with van der Waals surface area (Å²) in [6.45, 7) is 6.23. The van der Waals surface area contributed by atoms with Gasteiger partial charge in [-0.15, -0.1) is 0 Å². The number of hydrogen-bond acceptors (Lipinski definition) is 4. The molecule has 2 aromatic carbocycles. The summed E-state index contributed by atoms with van der Waals surface area (Å²) in [7, 11) is 0. The van der Waals surface area contributed by atoms with Crippen LogP contribution < -0.4 is 14.8 Å². The highest BCUT2D eigenvalue weighted by atomic mass is 16.7. The molecule has 0 spiro atoms. The van der Waals surface area contributed by atoms with E-state index in [-0.39, 0.29) is 18.7 Å². The minimum Gasteiger partial charge on any atom is -0.454 e. The lowest BCUT2D eigenvalue weighted by Gasteiger charge is -2.17. The summed E-state index contributed by atoms with van der Waals surface area (Å²) in [5.74, 6) is 1.44. The van der Waals surface area contributed by atoms with Crippen molar-refractivity contribution in [2.45, 2.75) is 33.2 Å². The lowest BCUT2D eigenvalue weighted by Crippen LogP contribution is -2.28. The normalized spacial score (nSPS) is 13.6. The fourth-order valence-corrected chi connectivity index (χ4v) is 3.55. The Morgan fingerprint density at radius 2 is 1.93 bits per heavy atom. The molecular weight excluding hydrogens is 340 g/mol. The molecule has 1 aliphatic rings. The van der Waals surface area contributed by atoms with Gasteiger partial charge in [0, 0.05) is 11.1 Å². The first kappa shape index (κ1) is 17.3. The van der Waals surface area contributed by atoms with Gasteiger partial charge in [-0.3, -0.25) is 9.78 Å². The van der Waals surface area contributed by atoms with Crippen molar-refractivity contribution in [2.24, 2.45) is 0 Å². The predicted molar refractivity (Wildman–Crippen MR) is 104 cm³/mol. The topological polar surface area (TPSA) is 60.5 Å². The summed E-state index contributed by atoms with van der Waals surface area (Å²) in [6.07, 6.45) is 0.310. The average molecular weight is 362 g/mol. The van der Waals surface area contributed by atoms with Crippen molar-refractivity contribution >= 4 is 16.8 Å². The van der Waals surface area contributed by atoms with E-state index in [4.69, 9.17) is 9.47 Å². The second kappa shape index (κ2) is 6.91. The van der Waals surface area contributed by atoms with Gasteiger partial charge in [0.2, 0.25) is 12.7 Å². The molecule has 5 heteroatoms. The molecule has 0 aliphatic carbocycles. The fourth-order valence-electron chi connectivity index (χ4n) is 3.55. The molecule has 0 fully saturated rings. The lowest BCUT2D eigenvalue weighted by atomic mass is 9.99. The van der Waals surface area contributed by atoms with E-state index in [0.29, 0.717) is 6.42 Å². The first-order valence-electron chi connectivity index (χ1n) is 9.06. The smallest absolute Gasteiger partial charge is 0.231 e. The molecule has 4 rings (SSSR count). The Morgan fingerprint density at radius 3 is 2.78 bits per heavy atom. The number of pyridine rings is 1. The molecule has 2 heterocycles. The number of nitrogens with zero attached hydrogens (tertiary/aromatic N) is 1. The third-order valence-corrected chi connectivity index (χ3v) is 5.10. The lowest BCUT2D eigenvalue weighted by molar-refractivity contribution is -0.121. The van der Waals surface area contributed by atoms with Gasteiger partial charge in [-0.2, -0.15) is 0 Å². The standard InChI is InChI=1S/C22H22N2O3/c1-13-17-6-4-5-7-19(17)23-15(3)18(13)11-22(25)24-14(2)16-8-9-20-21(10-16)27-12-26-20/h4-10,14H,11-12H2,1-3H3,(H,24,25). The Hall–Kier alpha value is -3.08. The number of para-hydroxylation sites is 1. The molecule has 0 radical (unpaired) electrons. The van der Waals surface area contributed by atoms with Gasteiger partial charge >= 0.3 is 0 Å². The zero-order chi connectivity index (χ0) is 19.0. The molecule has 0 saturated carbocycles. The molecule has 3 aromatic rings. The number of hydrogen-bond donors (Lipinski definition) is 1. The predicted octanol–water partition coefficient (Wildman–Crippen LogP) is 4.00. The number of ether oxygens (including phenoxy) is 2. The average Bonchev–Trinajstić information content (AvgIpc) is 3.13. The highest BCUT2D eigenvalue weighted by Crippen LogP contribution is 2.34. The van der Waals surface area contributed by atoms with Crippen molar-refractivity contribution in [3.63, 3.8) is 0 Å². The maximum Gasteiger partial charge on any atom is 0.231 e. The number of benzene rings is 2. The van der Waals surface area contributed by atoms with Crippen molar-refractivity contribution in [2.75, 3.05) is 6.79 Å². The van der Waals surface area contributed by atoms with E-state index in [9.17, 15) is 4.79 Å². The number of nitrogens with one attached hydrogen (secondary N) is 1. The van der Waals surface area contributed by atoms with E-state index in [1.807, 2.05) is 56.3 Å². The van der Waals surface area contributed by atoms with Gasteiger partial charge in [0.05, 0.1) is 18.0 Å². The summed E-state index contributed by atoms with van der Waals surface area (Å²) in [4.78, 5) is 17.3. The molecule has 1 amide bonds. The Labute approximate surface area is 158 Å². The number of amides is 1. The van der Waals surface area contributed by atoms with Gasteiger partial charge in [0.15, 0.2) is 11.5 Å². The van der Waals surface area contributed by atoms with Crippen LogP contribution in [0.25, 0.3) is 10.9 Å². The third-order valence-electron chi connectivity index (χ3n) is 5.10. The third kappa shape index (κ3) is 3.33. The van der Waals surface area contributed by atoms with Crippen LogP contribution in [0.1, 0.15) is 35.3 Å². The van der Waals surface area contributed by atoms with Crippen molar-refractivity contribution in [3.8, 4) is 11.5 Å². The summed E-state index contributed by atoms with van der Waals surface area (Å²) >= 11 is 0. The van der Waals surface area contributed by atoms with Gasteiger partial charge in [-0.25, -0.2) is 0 Å². The number of carbonyl (C=O) groups excluding carboxylic acids is 1. The van der Waals surface area contributed by atoms with E-state index < -0.39 is 0 Å². The molecule has 1 atom stereocenters. The number of aromatic nitrogens is 1. The maximum atomic E-state index is 12.7. The molecule has 1 aromatic heterocycles. The minimum atomic E-state index is -0.124. The van der Waals surface area contributed by atoms with E-state index >= 15 is 0 Å².